The van der Waals surface area contributed by atoms with Gasteiger partial charge in [-0.15, -0.1) is 0 Å². The van der Waals surface area contributed by atoms with Crippen LogP contribution in [0.2, 0.25) is 0 Å². The number of halogens is 1. The van der Waals surface area contributed by atoms with E-state index in [1.54, 1.807) is 6.07 Å². The molecule has 2 nitrogen and oxygen atoms in total. The molecule has 3 N–H and O–H groups in total. The lowest BCUT2D eigenvalue weighted by atomic mass is 9.93. The molecular formula is C15H23FN2. The monoisotopic (exact) mass is 250 g/mol. The Bertz CT molecular complexity index is 386. The number of rotatable bonds is 5. The molecule has 1 aliphatic rings. The van der Waals surface area contributed by atoms with Crippen LogP contribution in [0.4, 0.5) is 4.39 Å². The van der Waals surface area contributed by atoms with E-state index in [1.165, 1.54) is 38.2 Å². The number of aryl methyl sites for hydroxylation is 1. The first-order chi connectivity index (χ1) is 8.70. The van der Waals surface area contributed by atoms with Gasteiger partial charge in [0.25, 0.3) is 0 Å². The minimum absolute atomic E-state index is 0.0706. The molecule has 0 bridgehead atoms. The van der Waals surface area contributed by atoms with Crippen molar-refractivity contribution in [3.63, 3.8) is 0 Å². The van der Waals surface area contributed by atoms with Gasteiger partial charge in [-0.2, -0.15) is 0 Å². The minimum Gasteiger partial charge on any atom is -0.271 e. The summed E-state index contributed by atoms with van der Waals surface area (Å²) >= 11 is 0. The van der Waals surface area contributed by atoms with Crippen LogP contribution in [0, 0.1) is 18.7 Å². The first-order valence-corrected chi connectivity index (χ1v) is 6.93. The maximum Gasteiger partial charge on any atom is 0.123 e. The van der Waals surface area contributed by atoms with E-state index in [-0.39, 0.29) is 11.9 Å². The molecule has 1 saturated carbocycles. The summed E-state index contributed by atoms with van der Waals surface area (Å²) in [6.45, 7) is 2.01. The number of nitrogens with one attached hydrogen (secondary N) is 1. The lowest BCUT2D eigenvalue weighted by Gasteiger charge is -2.20. The lowest BCUT2D eigenvalue weighted by molar-refractivity contribution is 0.414. The fourth-order valence-electron chi connectivity index (χ4n) is 3.02. The smallest absolute Gasteiger partial charge is 0.123 e. The topological polar surface area (TPSA) is 38.0 Å². The van der Waals surface area contributed by atoms with Gasteiger partial charge in [-0.1, -0.05) is 31.7 Å². The predicted octanol–water partition coefficient (Wildman–Crippen LogP) is 3.61. The van der Waals surface area contributed by atoms with Crippen LogP contribution in [0.1, 0.15) is 55.7 Å². The summed E-state index contributed by atoms with van der Waals surface area (Å²) < 4.78 is 13.3. The molecule has 18 heavy (non-hydrogen) atoms. The number of nitrogens with two attached hydrogens (primary N) is 1. The van der Waals surface area contributed by atoms with E-state index in [0.29, 0.717) is 0 Å². The summed E-state index contributed by atoms with van der Waals surface area (Å²) in [4.78, 5) is 0. The van der Waals surface area contributed by atoms with E-state index >= 15 is 0 Å². The molecule has 3 heteroatoms. The van der Waals surface area contributed by atoms with Gasteiger partial charge in [0, 0.05) is 6.04 Å². The summed E-state index contributed by atoms with van der Waals surface area (Å²) in [5.41, 5.74) is 4.94. The largest absolute Gasteiger partial charge is 0.271 e. The van der Waals surface area contributed by atoms with Gasteiger partial charge in [0.1, 0.15) is 5.82 Å². The van der Waals surface area contributed by atoms with E-state index in [2.05, 4.69) is 5.43 Å². The zero-order chi connectivity index (χ0) is 13.0. The Hall–Kier alpha value is -0.930. The molecule has 0 radical (unpaired) electrons. The zero-order valence-electron chi connectivity index (χ0n) is 11.1. The Kier molecular flexibility index (Phi) is 4.72. The molecular weight excluding hydrogens is 227 g/mol. The third kappa shape index (κ3) is 3.30. The van der Waals surface area contributed by atoms with Crippen LogP contribution in [0.5, 0.6) is 0 Å². The first-order valence-electron chi connectivity index (χ1n) is 6.93. The molecule has 1 unspecified atom stereocenters. The Balaban J connectivity index is 2.00. The summed E-state index contributed by atoms with van der Waals surface area (Å²) in [6, 6.07) is 5.00. The molecule has 0 aliphatic heterocycles. The quantitative estimate of drug-likeness (QED) is 0.619. The second kappa shape index (κ2) is 6.30. The molecule has 2 rings (SSSR count). The molecule has 0 spiro atoms. The molecule has 1 fully saturated rings. The molecule has 100 valence electrons. The molecule has 1 aliphatic carbocycles. The van der Waals surface area contributed by atoms with Crippen molar-refractivity contribution in [2.24, 2.45) is 11.8 Å². The van der Waals surface area contributed by atoms with Crippen molar-refractivity contribution in [2.75, 3.05) is 0 Å². The average Bonchev–Trinajstić information content (AvgIpc) is 2.87. The van der Waals surface area contributed by atoms with Gasteiger partial charge in [0.15, 0.2) is 0 Å². The van der Waals surface area contributed by atoms with E-state index in [1.807, 2.05) is 13.0 Å². The van der Waals surface area contributed by atoms with Crippen molar-refractivity contribution in [1.29, 1.82) is 0 Å². The van der Waals surface area contributed by atoms with Gasteiger partial charge in [0.2, 0.25) is 0 Å². The Labute approximate surface area is 109 Å². The highest BCUT2D eigenvalue weighted by Crippen LogP contribution is 2.32. The predicted molar refractivity (Wildman–Crippen MR) is 72.4 cm³/mol. The number of hydrogen-bond donors (Lipinski definition) is 2. The van der Waals surface area contributed by atoms with Crippen molar-refractivity contribution < 1.29 is 4.39 Å². The third-order valence-electron chi connectivity index (χ3n) is 4.16. The van der Waals surface area contributed by atoms with Crippen molar-refractivity contribution in [3.05, 3.63) is 35.1 Å². The fraction of sp³-hybridized carbons (Fsp3) is 0.600. The molecule has 0 amide bonds. The highest BCUT2D eigenvalue weighted by atomic mass is 19.1. The maximum absolute atomic E-state index is 13.3. The van der Waals surface area contributed by atoms with Gasteiger partial charge in [-0.25, -0.2) is 4.39 Å². The van der Waals surface area contributed by atoms with E-state index in [0.717, 1.165) is 23.5 Å². The van der Waals surface area contributed by atoms with Gasteiger partial charge < -0.3 is 0 Å². The first kappa shape index (κ1) is 13.5. The fourth-order valence-corrected chi connectivity index (χ4v) is 3.02. The van der Waals surface area contributed by atoms with Crippen LogP contribution < -0.4 is 11.3 Å². The Morgan fingerprint density at radius 3 is 2.78 bits per heavy atom. The number of hydrogen-bond acceptors (Lipinski definition) is 2. The average molecular weight is 250 g/mol. The summed E-state index contributed by atoms with van der Waals surface area (Å²) in [5.74, 6) is 6.29. The SMILES string of the molecule is Cc1ccc(F)cc1C(CCC1CCCC1)NN. The number of benzene rings is 1. The second-order valence-corrected chi connectivity index (χ2v) is 5.45. The Morgan fingerprint density at radius 1 is 1.39 bits per heavy atom. The minimum atomic E-state index is -0.184. The van der Waals surface area contributed by atoms with Gasteiger partial charge in [0.05, 0.1) is 0 Å². The van der Waals surface area contributed by atoms with Crippen LogP contribution in [-0.2, 0) is 0 Å². The highest BCUT2D eigenvalue weighted by Gasteiger charge is 2.19. The zero-order valence-corrected chi connectivity index (χ0v) is 11.1. The second-order valence-electron chi connectivity index (χ2n) is 5.45. The van der Waals surface area contributed by atoms with Crippen LogP contribution in [0.15, 0.2) is 18.2 Å². The molecule has 0 aromatic heterocycles. The summed E-state index contributed by atoms with van der Waals surface area (Å²) in [5, 5.41) is 0. The molecule has 1 aromatic carbocycles. The lowest BCUT2D eigenvalue weighted by Crippen LogP contribution is -2.29. The molecule has 1 atom stereocenters. The van der Waals surface area contributed by atoms with Crippen molar-refractivity contribution >= 4 is 0 Å². The van der Waals surface area contributed by atoms with E-state index in [9.17, 15) is 4.39 Å². The molecule has 0 saturated heterocycles. The third-order valence-corrected chi connectivity index (χ3v) is 4.16. The Morgan fingerprint density at radius 2 is 2.11 bits per heavy atom. The normalized spacial score (nSPS) is 18.2. The van der Waals surface area contributed by atoms with Gasteiger partial charge in [-0.05, 0) is 48.9 Å². The number of hydrazine groups is 1. The van der Waals surface area contributed by atoms with Crippen LogP contribution in [0.25, 0.3) is 0 Å². The molecule has 1 aromatic rings. The summed E-state index contributed by atoms with van der Waals surface area (Å²) in [7, 11) is 0. The van der Waals surface area contributed by atoms with Gasteiger partial charge >= 0.3 is 0 Å². The van der Waals surface area contributed by atoms with Crippen molar-refractivity contribution in [1.82, 2.24) is 5.43 Å². The van der Waals surface area contributed by atoms with Crippen LogP contribution in [0.3, 0.4) is 0 Å². The van der Waals surface area contributed by atoms with E-state index < -0.39 is 0 Å². The standard InChI is InChI=1S/C15H23FN2/c1-11-6-8-13(16)10-14(11)15(18-17)9-7-12-4-2-3-5-12/h6,8,10,12,15,18H,2-5,7,9,17H2,1H3. The van der Waals surface area contributed by atoms with E-state index in [4.69, 9.17) is 5.84 Å². The van der Waals surface area contributed by atoms with Crippen LogP contribution >= 0.6 is 0 Å². The van der Waals surface area contributed by atoms with Crippen molar-refractivity contribution in [2.45, 2.75) is 51.5 Å². The van der Waals surface area contributed by atoms with Crippen molar-refractivity contribution in [3.8, 4) is 0 Å². The maximum atomic E-state index is 13.3. The highest BCUT2D eigenvalue weighted by molar-refractivity contribution is 5.29. The van der Waals surface area contributed by atoms with Crippen LogP contribution in [-0.4, -0.2) is 0 Å². The summed E-state index contributed by atoms with van der Waals surface area (Å²) in [6.07, 6.45) is 7.60. The van der Waals surface area contributed by atoms with Gasteiger partial charge in [-0.3, -0.25) is 11.3 Å². The molecule has 0 heterocycles.